The van der Waals surface area contributed by atoms with Crippen molar-refractivity contribution in [3.63, 3.8) is 0 Å². The number of nitrogens with zero attached hydrogens (tertiary/aromatic N) is 1. The summed E-state index contributed by atoms with van der Waals surface area (Å²) >= 11 is 0. The molecule has 1 amide bonds. The molecule has 0 spiro atoms. The average Bonchev–Trinajstić information content (AvgIpc) is 2.78. The highest BCUT2D eigenvalue weighted by Crippen LogP contribution is 2.26. The molecule has 1 aliphatic rings. The van der Waals surface area contributed by atoms with Gasteiger partial charge in [0.15, 0.2) is 0 Å². The van der Waals surface area contributed by atoms with Crippen molar-refractivity contribution in [3.8, 4) is 5.75 Å². The SMILES string of the molecule is CN(CC(=O)NCc1ccccc1COc1ccccc1)C1(CO)CCOCC1. The fourth-order valence-electron chi connectivity index (χ4n) is 3.59. The third-order valence-corrected chi connectivity index (χ3v) is 5.64. The lowest BCUT2D eigenvalue weighted by Crippen LogP contribution is -2.55. The smallest absolute Gasteiger partial charge is 0.234 e. The molecular formula is C23H30N2O4. The van der Waals surface area contributed by atoms with Gasteiger partial charge in [0.05, 0.1) is 13.2 Å². The molecule has 1 aliphatic heterocycles. The van der Waals surface area contributed by atoms with E-state index in [0.29, 0.717) is 26.4 Å². The fraction of sp³-hybridized carbons (Fsp3) is 0.435. The Hall–Kier alpha value is -2.41. The summed E-state index contributed by atoms with van der Waals surface area (Å²) in [5.41, 5.74) is 1.69. The number of amides is 1. The van der Waals surface area contributed by atoms with Crippen LogP contribution in [0.25, 0.3) is 0 Å². The number of carbonyl (C=O) groups excluding carboxylic acids is 1. The zero-order chi connectivity index (χ0) is 20.5. The van der Waals surface area contributed by atoms with Gasteiger partial charge >= 0.3 is 0 Å². The Morgan fingerprint density at radius 2 is 1.76 bits per heavy atom. The molecule has 0 bridgehead atoms. The van der Waals surface area contributed by atoms with E-state index in [9.17, 15) is 9.90 Å². The van der Waals surface area contributed by atoms with Crippen molar-refractivity contribution < 1.29 is 19.4 Å². The molecule has 2 N–H and O–H groups in total. The Balaban J connectivity index is 1.53. The molecule has 156 valence electrons. The van der Waals surface area contributed by atoms with E-state index < -0.39 is 0 Å². The van der Waals surface area contributed by atoms with Crippen LogP contribution in [-0.2, 0) is 22.7 Å². The molecule has 29 heavy (non-hydrogen) atoms. The van der Waals surface area contributed by atoms with E-state index in [4.69, 9.17) is 9.47 Å². The van der Waals surface area contributed by atoms with Crippen LogP contribution in [0, 0.1) is 0 Å². The molecule has 0 radical (unpaired) electrons. The number of para-hydroxylation sites is 1. The minimum absolute atomic E-state index is 0.0276. The normalized spacial score (nSPS) is 15.8. The second-order valence-electron chi connectivity index (χ2n) is 7.50. The Morgan fingerprint density at radius 3 is 2.45 bits per heavy atom. The van der Waals surface area contributed by atoms with Gasteiger partial charge in [-0.25, -0.2) is 0 Å². The van der Waals surface area contributed by atoms with E-state index in [1.807, 2.05) is 66.5 Å². The van der Waals surface area contributed by atoms with Gasteiger partial charge < -0.3 is 19.9 Å². The van der Waals surface area contributed by atoms with Crippen LogP contribution in [0.5, 0.6) is 5.75 Å². The highest BCUT2D eigenvalue weighted by Gasteiger charge is 2.36. The van der Waals surface area contributed by atoms with E-state index in [2.05, 4.69) is 5.32 Å². The highest BCUT2D eigenvalue weighted by atomic mass is 16.5. The third kappa shape index (κ3) is 5.79. The molecule has 0 atom stereocenters. The monoisotopic (exact) mass is 398 g/mol. The maximum atomic E-state index is 12.5. The van der Waals surface area contributed by atoms with E-state index in [1.54, 1.807) is 0 Å². The van der Waals surface area contributed by atoms with Gasteiger partial charge in [-0.3, -0.25) is 9.69 Å². The molecule has 1 saturated heterocycles. The van der Waals surface area contributed by atoms with Crippen molar-refractivity contribution in [2.24, 2.45) is 0 Å². The second-order valence-corrected chi connectivity index (χ2v) is 7.50. The Morgan fingerprint density at radius 1 is 1.10 bits per heavy atom. The molecule has 6 nitrogen and oxygen atoms in total. The molecule has 0 aromatic heterocycles. The lowest BCUT2D eigenvalue weighted by Gasteiger charge is -2.42. The van der Waals surface area contributed by atoms with Gasteiger partial charge in [0.1, 0.15) is 12.4 Å². The van der Waals surface area contributed by atoms with Crippen LogP contribution in [-0.4, -0.2) is 54.9 Å². The zero-order valence-electron chi connectivity index (χ0n) is 17.0. The summed E-state index contributed by atoms with van der Waals surface area (Å²) in [6.45, 7) is 2.38. The summed E-state index contributed by atoms with van der Waals surface area (Å²) < 4.78 is 11.3. The van der Waals surface area contributed by atoms with Gasteiger partial charge in [0, 0.05) is 25.3 Å². The molecular weight excluding hydrogens is 368 g/mol. The first-order valence-electron chi connectivity index (χ1n) is 10.0. The van der Waals surface area contributed by atoms with Crippen LogP contribution >= 0.6 is 0 Å². The van der Waals surface area contributed by atoms with Crippen molar-refractivity contribution >= 4 is 5.91 Å². The lowest BCUT2D eigenvalue weighted by molar-refractivity contribution is -0.126. The van der Waals surface area contributed by atoms with Gasteiger partial charge in [0.2, 0.25) is 5.91 Å². The Kier molecular flexibility index (Phi) is 7.63. The number of aliphatic hydroxyl groups is 1. The molecule has 0 aliphatic carbocycles. The van der Waals surface area contributed by atoms with Crippen LogP contribution in [0.3, 0.4) is 0 Å². The molecule has 1 fully saturated rings. The number of aliphatic hydroxyl groups excluding tert-OH is 1. The summed E-state index contributed by atoms with van der Waals surface area (Å²) in [7, 11) is 1.89. The van der Waals surface area contributed by atoms with Crippen molar-refractivity contribution in [1.82, 2.24) is 10.2 Å². The first kappa shape index (κ1) is 21.3. The summed E-state index contributed by atoms with van der Waals surface area (Å²) in [5.74, 6) is 0.754. The third-order valence-electron chi connectivity index (χ3n) is 5.64. The number of rotatable bonds is 9. The number of hydrogen-bond donors (Lipinski definition) is 2. The van der Waals surface area contributed by atoms with Crippen molar-refractivity contribution in [2.45, 2.75) is 31.5 Å². The Bertz CT molecular complexity index is 775. The molecule has 0 saturated carbocycles. The molecule has 1 heterocycles. The molecule has 3 rings (SSSR count). The zero-order valence-corrected chi connectivity index (χ0v) is 17.0. The van der Waals surface area contributed by atoms with Crippen LogP contribution in [0.4, 0.5) is 0 Å². The van der Waals surface area contributed by atoms with Crippen molar-refractivity contribution in [1.29, 1.82) is 0 Å². The first-order valence-corrected chi connectivity index (χ1v) is 10.0. The minimum Gasteiger partial charge on any atom is -0.489 e. The predicted molar refractivity (Wildman–Crippen MR) is 112 cm³/mol. The number of ether oxygens (including phenoxy) is 2. The Labute approximate surface area is 172 Å². The minimum atomic E-state index is -0.378. The van der Waals surface area contributed by atoms with E-state index in [0.717, 1.165) is 29.7 Å². The molecule has 2 aromatic rings. The largest absolute Gasteiger partial charge is 0.489 e. The second kappa shape index (κ2) is 10.4. The van der Waals surface area contributed by atoms with Crippen LogP contribution in [0.2, 0.25) is 0 Å². The summed E-state index contributed by atoms with van der Waals surface area (Å²) in [6.07, 6.45) is 1.46. The quantitative estimate of drug-likeness (QED) is 0.679. The van der Waals surface area contributed by atoms with Crippen molar-refractivity contribution in [2.75, 3.05) is 33.4 Å². The number of benzene rings is 2. The van der Waals surface area contributed by atoms with E-state index in [1.165, 1.54) is 0 Å². The first-order chi connectivity index (χ1) is 14.1. The van der Waals surface area contributed by atoms with Gasteiger partial charge in [-0.2, -0.15) is 0 Å². The van der Waals surface area contributed by atoms with Crippen LogP contribution < -0.4 is 10.1 Å². The number of likely N-dealkylation sites (N-methyl/N-ethyl adjacent to an activating group) is 1. The summed E-state index contributed by atoms with van der Waals surface area (Å²) in [4.78, 5) is 14.5. The topological polar surface area (TPSA) is 71.0 Å². The lowest BCUT2D eigenvalue weighted by atomic mass is 9.89. The number of hydrogen-bond acceptors (Lipinski definition) is 5. The molecule has 6 heteroatoms. The highest BCUT2D eigenvalue weighted by molar-refractivity contribution is 5.78. The molecule has 0 unspecified atom stereocenters. The van der Waals surface area contributed by atoms with Gasteiger partial charge in [-0.1, -0.05) is 42.5 Å². The average molecular weight is 399 g/mol. The van der Waals surface area contributed by atoms with Crippen LogP contribution in [0.15, 0.2) is 54.6 Å². The summed E-state index contributed by atoms with van der Waals surface area (Å²) in [6, 6.07) is 17.6. The predicted octanol–water partition coefficient (Wildman–Crippen LogP) is 2.36. The van der Waals surface area contributed by atoms with Gasteiger partial charge in [-0.05, 0) is 43.1 Å². The number of carbonyl (C=O) groups is 1. The standard InChI is InChI=1S/C23H30N2O4/c1-25(23(18-26)11-13-28-14-12-23)16-22(27)24-15-19-7-5-6-8-20(19)17-29-21-9-3-2-4-10-21/h2-10,26H,11-18H2,1H3,(H,24,27). The van der Waals surface area contributed by atoms with Gasteiger partial charge in [-0.15, -0.1) is 0 Å². The van der Waals surface area contributed by atoms with Crippen LogP contribution in [0.1, 0.15) is 24.0 Å². The van der Waals surface area contributed by atoms with E-state index in [-0.39, 0.29) is 24.6 Å². The maximum Gasteiger partial charge on any atom is 0.234 e. The van der Waals surface area contributed by atoms with Crippen molar-refractivity contribution in [3.05, 3.63) is 65.7 Å². The van der Waals surface area contributed by atoms with E-state index >= 15 is 0 Å². The van der Waals surface area contributed by atoms with Gasteiger partial charge in [0.25, 0.3) is 0 Å². The molecule has 2 aromatic carbocycles. The number of nitrogens with one attached hydrogen (secondary N) is 1. The maximum absolute atomic E-state index is 12.5. The fourth-order valence-corrected chi connectivity index (χ4v) is 3.59. The summed E-state index contributed by atoms with van der Waals surface area (Å²) in [5, 5.41) is 12.9.